The minimum Gasteiger partial charge on any atom is -0.391 e. The molecule has 1 aliphatic heterocycles. The monoisotopic (exact) mass is 271 g/mol. The molecule has 2 aromatic rings. The van der Waals surface area contributed by atoms with Crippen LogP contribution in [0.3, 0.4) is 0 Å². The second-order valence-electron chi connectivity index (χ2n) is 3.74. The number of aliphatic hydroxyl groups excluding tert-OH is 1. The number of aromatic nitrogens is 4. The Hall–Kier alpha value is -1.48. The molecule has 1 saturated heterocycles. The van der Waals surface area contributed by atoms with Crippen molar-refractivity contribution in [3.63, 3.8) is 0 Å². The second kappa shape index (κ2) is 4.32. The predicted molar refractivity (Wildman–Crippen MR) is 61.7 cm³/mol. The Kier molecular flexibility index (Phi) is 2.78. The molecule has 18 heavy (non-hydrogen) atoms. The van der Waals surface area contributed by atoms with E-state index in [4.69, 9.17) is 31.9 Å². The average Bonchev–Trinajstić information content (AvgIpc) is 2.93. The third-order valence-corrected chi connectivity index (χ3v) is 2.78. The molecule has 0 spiro atoms. The summed E-state index contributed by atoms with van der Waals surface area (Å²) in [5, 5.41) is 8.98. The molecule has 1 fully saturated rings. The number of rotatable bonds is 2. The number of nitrogen functional groups attached to an aromatic ring is 1. The molecule has 3 heterocycles. The largest absolute Gasteiger partial charge is 0.391 e. The molecule has 3 rings (SSSR count). The van der Waals surface area contributed by atoms with Crippen molar-refractivity contribution in [1.29, 1.82) is 0 Å². The fourth-order valence-corrected chi connectivity index (χ4v) is 1.98. The lowest BCUT2D eigenvalue weighted by Gasteiger charge is -2.11. The van der Waals surface area contributed by atoms with E-state index in [0.717, 1.165) is 0 Å². The third kappa shape index (κ3) is 1.79. The van der Waals surface area contributed by atoms with Gasteiger partial charge < -0.3 is 20.3 Å². The lowest BCUT2D eigenvalue weighted by Crippen LogP contribution is -2.15. The summed E-state index contributed by atoms with van der Waals surface area (Å²) < 4.78 is 12.3. The summed E-state index contributed by atoms with van der Waals surface area (Å²) >= 11 is 5.76. The van der Waals surface area contributed by atoms with E-state index in [1.807, 2.05) is 0 Å². The second-order valence-corrected chi connectivity index (χ2v) is 4.08. The van der Waals surface area contributed by atoms with E-state index in [0.29, 0.717) is 11.2 Å². The zero-order chi connectivity index (χ0) is 12.7. The molecule has 3 N–H and O–H groups in total. The molecule has 0 saturated carbocycles. The van der Waals surface area contributed by atoms with E-state index in [-0.39, 0.29) is 24.3 Å². The van der Waals surface area contributed by atoms with Gasteiger partial charge in [-0.25, -0.2) is 4.98 Å². The van der Waals surface area contributed by atoms with Crippen molar-refractivity contribution < 1.29 is 14.6 Å². The van der Waals surface area contributed by atoms with Gasteiger partial charge in [0.2, 0.25) is 5.28 Å². The van der Waals surface area contributed by atoms with Crippen LogP contribution < -0.4 is 5.73 Å². The first-order valence-electron chi connectivity index (χ1n) is 5.22. The number of ether oxygens (including phenoxy) is 2. The van der Waals surface area contributed by atoms with Crippen LogP contribution in [0.5, 0.6) is 0 Å². The van der Waals surface area contributed by atoms with Gasteiger partial charge >= 0.3 is 0 Å². The fourth-order valence-electron chi connectivity index (χ4n) is 1.81. The Morgan fingerprint density at radius 2 is 2.39 bits per heavy atom. The number of nitrogens with two attached hydrogens (primary N) is 1. The van der Waals surface area contributed by atoms with Crippen molar-refractivity contribution in [2.75, 3.05) is 18.9 Å². The first-order chi connectivity index (χ1) is 8.69. The molecule has 2 atom stereocenters. The van der Waals surface area contributed by atoms with E-state index in [2.05, 4.69) is 15.0 Å². The molecule has 2 aromatic heterocycles. The number of anilines is 1. The molecular weight excluding hydrogens is 262 g/mol. The van der Waals surface area contributed by atoms with Crippen molar-refractivity contribution in [3.05, 3.63) is 11.6 Å². The molecule has 0 radical (unpaired) electrons. The first-order valence-corrected chi connectivity index (χ1v) is 5.60. The van der Waals surface area contributed by atoms with Crippen molar-refractivity contribution in [1.82, 2.24) is 19.5 Å². The molecule has 0 aromatic carbocycles. The predicted octanol–water partition coefficient (Wildman–Crippen LogP) is -0.0743. The lowest BCUT2D eigenvalue weighted by molar-refractivity contribution is -0.0980. The summed E-state index contributed by atoms with van der Waals surface area (Å²) in [6.45, 7) is 0.0826. The van der Waals surface area contributed by atoms with Gasteiger partial charge in [-0.15, -0.1) is 0 Å². The van der Waals surface area contributed by atoms with Gasteiger partial charge in [-0.3, -0.25) is 4.57 Å². The van der Waals surface area contributed by atoms with Crippen molar-refractivity contribution >= 4 is 28.6 Å². The Bertz CT molecular complexity index is 589. The average molecular weight is 272 g/mol. The highest BCUT2D eigenvalue weighted by Gasteiger charge is 2.28. The van der Waals surface area contributed by atoms with Crippen molar-refractivity contribution in [2.45, 2.75) is 12.5 Å². The topological polar surface area (TPSA) is 108 Å². The Morgan fingerprint density at radius 3 is 3.11 bits per heavy atom. The minimum absolute atomic E-state index is 0.0411. The molecular formula is C9H10ClN5O3. The summed E-state index contributed by atoms with van der Waals surface area (Å²) in [6.07, 6.45) is 0.472. The van der Waals surface area contributed by atoms with Gasteiger partial charge in [-0.05, 0) is 11.6 Å². The van der Waals surface area contributed by atoms with Gasteiger partial charge in [0.25, 0.3) is 0 Å². The van der Waals surface area contributed by atoms with Crippen LogP contribution in [0.25, 0.3) is 11.2 Å². The number of fused-ring (bicyclic) bond motifs is 1. The quantitative estimate of drug-likeness (QED) is 0.736. The SMILES string of the molecule is Nc1nc(Cl)nc2c1ncn2[C@H]1CO[C@H](CO)O1. The number of aliphatic hydroxyl groups is 1. The zero-order valence-electron chi connectivity index (χ0n) is 9.15. The molecule has 0 amide bonds. The summed E-state index contributed by atoms with van der Waals surface area (Å²) in [4.78, 5) is 12.0. The van der Waals surface area contributed by atoms with Crippen molar-refractivity contribution in [3.8, 4) is 0 Å². The van der Waals surface area contributed by atoms with Gasteiger partial charge in [0.05, 0.1) is 19.5 Å². The van der Waals surface area contributed by atoms with E-state index >= 15 is 0 Å². The van der Waals surface area contributed by atoms with E-state index < -0.39 is 12.5 Å². The Labute approximate surface area is 106 Å². The van der Waals surface area contributed by atoms with Crippen molar-refractivity contribution in [2.24, 2.45) is 0 Å². The minimum atomic E-state index is -0.637. The van der Waals surface area contributed by atoms with Crippen LogP contribution in [0.1, 0.15) is 6.23 Å². The zero-order valence-corrected chi connectivity index (χ0v) is 9.91. The van der Waals surface area contributed by atoms with Crippen LogP contribution in [-0.4, -0.2) is 44.1 Å². The van der Waals surface area contributed by atoms with Crippen LogP contribution in [0, 0.1) is 0 Å². The highest BCUT2D eigenvalue weighted by atomic mass is 35.5. The maximum atomic E-state index is 8.94. The number of imidazole rings is 1. The van der Waals surface area contributed by atoms with E-state index in [1.54, 1.807) is 4.57 Å². The molecule has 0 bridgehead atoms. The summed E-state index contributed by atoms with van der Waals surface area (Å²) in [5.41, 5.74) is 6.63. The maximum absolute atomic E-state index is 8.94. The highest BCUT2D eigenvalue weighted by molar-refractivity contribution is 6.28. The number of hydrogen-bond donors (Lipinski definition) is 2. The van der Waals surface area contributed by atoms with Gasteiger partial charge in [0.15, 0.2) is 24.0 Å². The standard InChI is InChI=1S/C9H10ClN5O3/c10-9-13-7(11)6-8(14-9)15(3-12-6)4-2-17-5(1-16)18-4/h3-5,16H,1-2H2,(H2,11,13,14)/t4-,5+/m1/s1. The summed E-state index contributed by atoms with van der Waals surface area (Å²) in [6, 6.07) is 0. The van der Waals surface area contributed by atoms with Crippen LogP contribution in [0.4, 0.5) is 5.82 Å². The smallest absolute Gasteiger partial charge is 0.226 e. The van der Waals surface area contributed by atoms with Crippen LogP contribution in [0.15, 0.2) is 6.33 Å². The normalized spacial score (nSPS) is 23.9. The number of halogens is 1. The number of hydrogen-bond acceptors (Lipinski definition) is 7. The number of nitrogens with zero attached hydrogens (tertiary/aromatic N) is 4. The molecule has 0 unspecified atom stereocenters. The molecule has 9 heteroatoms. The summed E-state index contributed by atoms with van der Waals surface area (Å²) in [7, 11) is 0. The van der Waals surface area contributed by atoms with Gasteiger partial charge in [-0.2, -0.15) is 9.97 Å². The molecule has 1 aliphatic rings. The van der Waals surface area contributed by atoms with Crippen LogP contribution >= 0.6 is 11.6 Å². The molecule has 8 nitrogen and oxygen atoms in total. The lowest BCUT2D eigenvalue weighted by atomic mass is 10.5. The van der Waals surface area contributed by atoms with Crippen LogP contribution in [0.2, 0.25) is 5.28 Å². The van der Waals surface area contributed by atoms with Crippen LogP contribution in [-0.2, 0) is 9.47 Å². The highest BCUT2D eigenvalue weighted by Crippen LogP contribution is 2.26. The van der Waals surface area contributed by atoms with E-state index in [1.165, 1.54) is 6.33 Å². The first kappa shape index (κ1) is 11.6. The third-order valence-electron chi connectivity index (χ3n) is 2.61. The Morgan fingerprint density at radius 1 is 1.56 bits per heavy atom. The van der Waals surface area contributed by atoms with E-state index in [9.17, 15) is 0 Å². The van der Waals surface area contributed by atoms with Gasteiger partial charge in [0.1, 0.15) is 5.52 Å². The summed E-state index contributed by atoms with van der Waals surface area (Å²) in [5.74, 6) is 0.210. The Balaban J connectivity index is 2.03. The molecule has 96 valence electrons. The molecule has 0 aliphatic carbocycles. The fraction of sp³-hybridized carbons (Fsp3) is 0.444. The van der Waals surface area contributed by atoms with Gasteiger partial charge in [0, 0.05) is 0 Å². The van der Waals surface area contributed by atoms with Gasteiger partial charge in [-0.1, -0.05) is 0 Å². The maximum Gasteiger partial charge on any atom is 0.226 e.